The first-order chi connectivity index (χ1) is 17.4. The molecule has 0 aliphatic carbocycles. The summed E-state index contributed by atoms with van der Waals surface area (Å²) in [5, 5.41) is 10.4. The van der Waals surface area contributed by atoms with Crippen LogP contribution < -0.4 is 0 Å². The van der Waals surface area contributed by atoms with Crippen LogP contribution in [0.2, 0.25) is 5.02 Å². The fraction of sp³-hybridized carbons (Fsp3) is 0.286. The Hall–Kier alpha value is -3.47. The van der Waals surface area contributed by atoms with Crippen molar-refractivity contribution in [3.05, 3.63) is 93.4 Å². The van der Waals surface area contributed by atoms with E-state index in [1.54, 1.807) is 11.3 Å². The normalized spacial score (nSPS) is 13.2. The smallest absolute Gasteiger partial charge is 0.160 e. The minimum atomic E-state index is 0.462. The summed E-state index contributed by atoms with van der Waals surface area (Å²) >= 11 is 7.80. The highest BCUT2D eigenvalue weighted by molar-refractivity contribution is 7.15. The fourth-order valence-electron chi connectivity index (χ4n) is 4.28. The van der Waals surface area contributed by atoms with Crippen molar-refractivity contribution >= 4 is 28.6 Å². The molecule has 1 aliphatic rings. The van der Waals surface area contributed by atoms with Crippen molar-refractivity contribution in [2.45, 2.75) is 46.7 Å². The molecule has 4 aromatic rings. The Labute approximate surface area is 220 Å². The van der Waals surface area contributed by atoms with Gasteiger partial charge in [0, 0.05) is 28.9 Å². The zero-order valence-corrected chi connectivity index (χ0v) is 22.2. The number of nitrogens with zero attached hydrogens (tertiary/aromatic N) is 6. The molecule has 1 aliphatic heterocycles. The monoisotopic (exact) mass is 514 g/mol. The Morgan fingerprint density at radius 3 is 2.78 bits per heavy atom. The standard InChI is InChI=1S/C28H27ClN6S/c1-5-18(2)7-6-14-34-16-23(31-17-34)12-13-24-19(3)26-27(21-8-10-22(29)11-9-21)30-15-25-33-32-20(4)35(25)28(26)36-24/h5,8-11,16-18H,1,6-7,14-15H2,2-4H3. The van der Waals surface area contributed by atoms with Gasteiger partial charge in [-0.1, -0.05) is 36.7 Å². The summed E-state index contributed by atoms with van der Waals surface area (Å²) in [4.78, 5) is 10.4. The fourth-order valence-corrected chi connectivity index (χ4v) is 5.64. The maximum atomic E-state index is 6.15. The molecular formula is C28H27ClN6S. The maximum Gasteiger partial charge on any atom is 0.160 e. The first kappa shape index (κ1) is 24.2. The molecule has 0 bridgehead atoms. The number of benzene rings is 1. The van der Waals surface area contributed by atoms with E-state index in [-0.39, 0.29) is 0 Å². The molecule has 6 nitrogen and oxygen atoms in total. The van der Waals surface area contributed by atoms with Crippen LogP contribution in [0.4, 0.5) is 0 Å². The lowest BCUT2D eigenvalue weighted by Crippen LogP contribution is -2.07. The number of allylic oxidation sites excluding steroid dienone is 1. The van der Waals surface area contributed by atoms with E-state index in [1.807, 2.05) is 49.8 Å². The first-order valence-corrected chi connectivity index (χ1v) is 13.2. The molecule has 0 radical (unpaired) electrons. The van der Waals surface area contributed by atoms with Gasteiger partial charge in [-0.25, -0.2) is 4.98 Å². The molecule has 1 unspecified atom stereocenters. The van der Waals surface area contributed by atoms with Gasteiger partial charge < -0.3 is 4.57 Å². The number of hydrogen-bond donors (Lipinski definition) is 0. The molecular weight excluding hydrogens is 488 g/mol. The van der Waals surface area contributed by atoms with Crippen LogP contribution in [-0.4, -0.2) is 30.0 Å². The molecule has 1 aromatic carbocycles. The Balaban J connectivity index is 1.49. The SMILES string of the molecule is C=CC(C)CCCn1cnc(C#Cc2sc3c(c2C)C(c2ccc(Cl)cc2)=NCc2nnc(C)n2-3)c1. The number of aryl methyl sites for hydroxylation is 2. The van der Waals surface area contributed by atoms with Gasteiger partial charge in [-0.15, -0.1) is 28.1 Å². The molecule has 3 aromatic heterocycles. The second-order valence-corrected chi connectivity index (χ2v) is 10.4. The van der Waals surface area contributed by atoms with Crippen molar-refractivity contribution in [3.63, 3.8) is 0 Å². The van der Waals surface area contributed by atoms with Gasteiger partial charge in [0.15, 0.2) is 5.82 Å². The molecule has 0 fully saturated rings. The summed E-state index contributed by atoms with van der Waals surface area (Å²) in [6.07, 6.45) is 8.08. The summed E-state index contributed by atoms with van der Waals surface area (Å²) in [6, 6.07) is 7.81. The van der Waals surface area contributed by atoms with Crippen molar-refractivity contribution < 1.29 is 0 Å². The summed E-state index contributed by atoms with van der Waals surface area (Å²) in [6.45, 7) is 11.5. The highest BCUT2D eigenvalue weighted by Crippen LogP contribution is 2.36. The van der Waals surface area contributed by atoms with Crippen molar-refractivity contribution in [2.75, 3.05) is 0 Å². The number of thiophene rings is 1. The summed E-state index contributed by atoms with van der Waals surface area (Å²) < 4.78 is 4.21. The number of fused-ring (bicyclic) bond motifs is 3. The van der Waals surface area contributed by atoms with Gasteiger partial charge in [0.05, 0.1) is 16.9 Å². The van der Waals surface area contributed by atoms with Gasteiger partial charge in [0.2, 0.25) is 0 Å². The first-order valence-electron chi connectivity index (χ1n) is 12.0. The summed E-state index contributed by atoms with van der Waals surface area (Å²) in [5.41, 5.74) is 4.86. The van der Waals surface area contributed by atoms with E-state index < -0.39 is 0 Å². The summed E-state index contributed by atoms with van der Waals surface area (Å²) in [5.74, 6) is 8.83. The number of rotatable bonds is 6. The predicted molar refractivity (Wildman–Crippen MR) is 146 cm³/mol. The number of aromatic nitrogens is 5. The van der Waals surface area contributed by atoms with E-state index in [0.717, 1.165) is 69.0 Å². The van der Waals surface area contributed by atoms with E-state index in [1.165, 1.54) is 0 Å². The van der Waals surface area contributed by atoms with E-state index >= 15 is 0 Å². The van der Waals surface area contributed by atoms with E-state index in [0.29, 0.717) is 17.5 Å². The second kappa shape index (κ2) is 10.3. The predicted octanol–water partition coefficient (Wildman–Crippen LogP) is 6.15. The lowest BCUT2D eigenvalue weighted by Gasteiger charge is -2.09. The van der Waals surface area contributed by atoms with Crippen LogP contribution in [0.5, 0.6) is 0 Å². The highest BCUT2D eigenvalue weighted by atomic mass is 35.5. The Morgan fingerprint density at radius 1 is 1.19 bits per heavy atom. The average Bonchev–Trinajstić information content (AvgIpc) is 3.53. The summed E-state index contributed by atoms with van der Waals surface area (Å²) in [7, 11) is 0. The van der Waals surface area contributed by atoms with Crippen molar-refractivity contribution in [2.24, 2.45) is 10.9 Å². The van der Waals surface area contributed by atoms with Crippen LogP contribution >= 0.6 is 22.9 Å². The van der Waals surface area contributed by atoms with Gasteiger partial charge in [-0.2, -0.15) is 0 Å². The molecule has 182 valence electrons. The Bertz CT molecular complexity index is 1510. The van der Waals surface area contributed by atoms with Gasteiger partial charge in [0.1, 0.15) is 23.1 Å². The Kier molecular flexibility index (Phi) is 6.90. The molecule has 0 N–H and O–H groups in total. The third-order valence-corrected chi connectivity index (χ3v) is 7.82. The minimum Gasteiger partial charge on any atom is -0.336 e. The number of hydrogen-bond acceptors (Lipinski definition) is 5. The maximum absolute atomic E-state index is 6.15. The van der Waals surface area contributed by atoms with Crippen LogP contribution in [0, 0.1) is 31.6 Å². The van der Waals surface area contributed by atoms with E-state index in [9.17, 15) is 0 Å². The molecule has 5 rings (SSSR count). The number of imidazole rings is 1. The van der Waals surface area contributed by atoms with Crippen LogP contribution in [0.1, 0.15) is 58.7 Å². The van der Waals surface area contributed by atoms with Crippen LogP contribution in [0.3, 0.4) is 0 Å². The van der Waals surface area contributed by atoms with Crippen LogP contribution in [-0.2, 0) is 13.1 Å². The van der Waals surface area contributed by atoms with Gasteiger partial charge in [-0.3, -0.25) is 9.56 Å². The zero-order valence-electron chi connectivity index (χ0n) is 20.6. The van der Waals surface area contributed by atoms with Crippen molar-refractivity contribution in [3.8, 4) is 16.8 Å². The number of aliphatic imine (C=N–C) groups is 1. The molecule has 0 spiro atoms. The number of halogens is 1. The Morgan fingerprint density at radius 2 is 2.00 bits per heavy atom. The molecule has 0 saturated heterocycles. The van der Waals surface area contributed by atoms with E-state index in [4.69, 9.17) is 16.6 Å². The lowest BCUT2D eigenvalue weighted by molar-refractivity contribution is 0.545. The third kappa shape index (κ3) is 4.79. The largest absolute Gasteiger partial charge is 0.336 e. The topological polar surface area (TPSA) is 60.9 Å². The highest BCUT2D eigenvalue weighted by Gasteiger charge is 2.27. The average molecular weight is 515 g/mol. The lowest BCUT2D eigenvalue weighted by atomic mass is 10.00. The quantitative estimate of drug-likeness (QED) is 0.229. The molecule has 36 heavy (non-hydrogen) atoms. The zero-order chi connectivity index (χ0) is 25.2. The minimum absolute atomic E-state index is 0.462. The third-order valence-electron chi connectivity index (χ3n) is 6.37. The van der Waals surface area contributed by atoms with Gasteiger partial charge in [0.25, 0.3) is 0 Å². The van der Waals surface area contributed by atoms with E-state index in [2.05, 4.69) is 56.6 Å². The van der Waals surface area contributed by atoms with Gasteiger partial charge in [-0.05, 0) is 62.1 Å². The van der Waals surface area contributed by atoms with Gasteiger partial charge >= 0.3 is 0 Å². The second-order valence-electron chi connectivity index (χ2n) is 9.01. The molecule has 8 heteroatoms. The molecule has 4 heterocycles. The van der Waals surface area contributed by atoms with Crippen LogP contribution in [0.15, 0.2) is 54.4 Å². The van der Waals surface area contributed by atoms with Crippen molar-refractivity contribution in [1.82, 2.24) is 24.3 Å². The molecule has 0 amide bonds. The van der Waals surface area contributed by atoms with Crippen LogP contribution in [0.25, 0.3) is 5.00 Å². The molecule has 0 saturated carbocycles. The molecule has 1 atom stereocenters. The van der Waals surface area contributed by atoms with Crippen molar-refractivity contribution in [1.29, 1.82) is 0 Å².